The summed E-state index contributed by atoms with van der Waals surface area (Å²) in [4.78, 5) is 26.5. The fourth-order valence-corrected chi connectivity index (χ4v) is 4.56. The summed E-state index contributed by atoms with van der Waals surface area (Å²) in [7, 11) is 0. The van der Waals surface area contributed by atoms with Gasteiger partial charge >= 0.3 is 0 Å². The number of carbonyl (C=O) groups excluding carboxylic acids is 2. The second-order valence-corrected chi connectivity index (χ2v) is 8.06. The predicted octanol–water partition coefficient (Wildman–Crippen LogP) is 3.86. The van der Waals surface area contributed by atoms with Crippen LogP contribution in [-0.4, -0.2) is 47.9 Å². The van der Waals surface area contributed by atoms with Crippen LogP contribution >= 0.6 is 0 Å². The number of carbonyl (C=O) groups is 2. The molecule has 29 heavy (non-hydrogen) atoms. The van der Waals surface area contributed by atoms with Crippen LogP contribution < -0.4 is 4.74 Å². The van der Waals surface area contributed by atoms with Crippen molar-refractivity contribution >= 4 is 33.3 Å². The van der Waals surface area contributed by atoms with Crippen LogP contribution in [0.4, 0.5) is 0 Å². The molecule has 1 aromatic heterocycles. The fourth-order valence-electron chi connectivity index (χ4n) is 4.56. The normalized spacial score (nSPS) is 20.8. The maximum absolute atomic E-state index is 12.4. The molecule has 150 valence electrons. The van der Waals surface area contributed by atoms with Gasteiger partial charge in [-0.05, 0) is 67.4 Å². The van der Waals surface area contributed by atoms with E-state index in [4.69, 9.17) is 9.26 Å². The number of ether oxygens (including phenoxy) is 1. The molecular formula is C23H24N2O4. The molecule has 0 radical (unpaired) electrons. The Balaban J connectivity index is 1.42. The van der Waals surface area contributed by atoms with E-state index in [1.54, 1.807) is 0 Å². The zero-order valence-corrected chi connectivity index (χ0v) is 16.4. The lowest BCUT2D eigenvalue weighted by Gasteiger charge is -2.18. The highest BCUT2D eigenvalue weighted by Crippen LogP contribution is 2.37. The summed E-state index contributed by atoms with van der Waals surface area (Å²) in [5.74, 6) is 0.430. The van der Waals surface area contributed by atoms with Crippen LogP contribution in [0.1, 0.15) is 43.7 Å². The summed E-state index contributed by atoms with van der Waals surface area (Å²) in [6, 6.07) is 9.89. The average molecular weight is 392 g/mol. The molecule has 2 aromatic carbocycles. The quantitative estimate of drug-likeness (QED) is 0.614. The smallest absolute Gasteiger partial charge is 0.167 e. The summed E-state index contributed by atoms with van der Waals surface area (Å²) in [5.41, 5.74) is 1.32. The number of ketones is 2. The molecule has 5 rings (SSSR count). The Kier molecular flexibility index (Phi) is 4.79. The van der Waals surface area contributed by atoms with E-state index in [0.29, 0.717) is 30.7 Å². The minimum absolute atomic E-state index is 0.00120. The number of benzene rings is 2. The van der Waals surface area contributed by atoms with Gasteiger partial charge in [0.25, 0.3) is 0 Å². The van der Waals surface area contributed by atoms with Gasteiger partial charge in [0.2, 0.25) is 0 Å². The van der Waals surface area contributed by atoms with E-state index in [2.05, 4.69) is 10.1 Å². The van der Waals surface area contributed by atoms with E-state index < -0.39 is 0 Å². The molecule has 6 nitrogen and oxygen atoms in total. The van der Waals surface area contributed by atoms with Gasteiger partial charge < -0.3 is 9.26 Å². The molecule has 2 fully saturated rings. The average Bonchev–Trinajstić information content (AvgIpc) is 3.38. The molecule has 2 heterocycles. The Labute approximate surface area is 168 Å². The van der Waals surface area contributed by atoms with Crippen molar-refractivity contribution in [1.82, 2.24) is 10.1 Å². The third-order valence-electron chi connectivity index (χ3n) is 6.13. The molecule has 6 heteroatoms. The Morgan fingerprint density at radius 2 is 2.00 bits per heavy atom. The summed E-state index contributed by atoms with van der Waals surface area (Å²) >= 11 is 0. The lowest BCUT2D eigenvalue weighted by Crippen LogP contribution is -2.25. The molecule has 0 bridgehead atoms. The van der Waals surface area contributed by atoms with E-state index in [1.165, 1.54) is 25.9 Å². The molecule has 0 spiro atoms. The van der Waals surface area contributed by atoms with E-state index >= 15 is 0 Å². The number of nitrogens with zero attached hydrogens (tertiary/aromatic N) is 2. The van der Waals surface area contributed by atoms with Gasteiger partial charge in [-0.3, -0.25) is 14.5 Å². The largest absolute Gasteiger partial charge is 0.492 e. The van der Waals surface area contributed by atoms with Gasteiger partial charge in [0.1, 0.15) is 29.6 Å². The number of hydrogen-bond donors (Lipinski definition) is 0. The van der Waals surface area contributed by atoms with Crippen molar-refractivity contribution in [3.8, 4) is 5.75 Å². The first kappa shape index (κ1) is 18.3. The molecule has 1 aliphatic carbocycles. The summed E-state index contributed by atoms with van der Waals surface area (Å²) < 4.78 is 11.5. The number of likely N-dealkylation sites (tertiary alicyclic amines) is 1. The summed E-state index contributed by atoms with van der Waals surface area (Å²) in [6.07, 6.45) is 3.49. The summed E-state index contributed by atoms with van der Waals surface area (Å²) in [5, 5.41) is 7.11. The van der Waals surface area contributed by atoms with Gasteiger partial charge in [-0.1, -0.05) is 11.2 Å². The van der Waals surface area contributed by atoms with Gasteiger partial charge in [0, 0.05) is 13.0 Å². The van der Waals surface area contributed by atoms with Crippen molar-refractivity contribution in [3.63, 3.8) is 0 Å². The standard InChI is InChI=1S/C23H24N2O4/c26-16-4-6-19(20(27)14-16)23-22-18-7-5-17(28-12-11-25-9-1-2-10-25)13-15(18)3-8-21(22)29-24-23/h3,5,7-8,13,19H,1-2,4,6,9-12,14H2/t19-/m0/s1. The molecule has 1 aliphatic heterocycles. The van der Waals surface area contributed by atoms with Crippen molar-refractivity contribution in [2.45, 2.75) is 38.0 Å². The van der Waals surface area contributed by atoms with Crippen molar-refractivity contribution in [2.24, 2.45) is 0 Å². The number of rotatable bonds is 5. The second kappa shape index (κ2) is 7.59. The Morgan fingerprint density at radius 3 is 2.83 bits per heavy atom. The van der Waals surface area contributed by atoms with E-state index in [1.807, 2.05) is 30.3 Å². The molecule has 1 saturated heterocycles. The van der Waals surface area contributed by atoms with Crippen LogP contribution in [0.15, 0.2) is 34.9 Å². The third-order valence-corrected chi connectivity index (χ3v) is 6.13. The van der Waals surface area contributed by atoms with Crippen molar-refractivity contribution in [3.05, 3.63) is 36.0 Å². The van der Waals surface area contributed by atoms with Gasteiger partial charge in [-0.25, -0.2) is 0 Å². The second-order valence-electron chi connectivity index (χ2n) is 8.06. The monoisotopic (exact) mass is 392 g/mol. The number of fused-ring (bicyclic) bond motifs is 3. The Hall–Kier alpha value is -2.73. The Bertz CT molecular complexity index is 1080. The van der Waals surface area contributed by atoms with Crippen LogP contribution in [0.3, 0.4) is 0 Å². The molecule has 2 aliphatic rings. The zero-order chi connectivity index (χ0) is 19.8. The van der Waals surface area contributed by atoms with Crippen LogP contribution in [0, 0.1) is 0 Å². The summed E-state index contributed by atoms with van der Waals surface area (Å²) in [6.45, 7) is 3.97. The van der Waals surface area contributed by atoms with Crippen molar-refractivity contribution in [2.75, 3.05) is 26.2 Å². The van der Waals surface area contributed by atoms with E-state index in [0.717, 1.165) is 28.5 Å². The molecule has 0 amide bonds. The topological polar surface area (TPSA) is 72.6 Å². The van der Waals surface area contributed by atoms with Crippen LogP contribution in [0.25, 0.3) is 21.7 Å². The molecule has 0 N–H and O–H groups in total. The highest BCUT2D eigenvalue weighted by Gasteiger charge is 2.32. The number of Topliss-reactive ketones (excluding diaryl/α,β-unsaturated/α-hetero) is 2. The lowest BCUT2D eigenvalue weighted by atomic mass is 9.83. The van der Waals surface area contributed by atoms with Crippen molar-refractivity contribution < 1.29 is 18.8 Å². The van der Waals surface area contributed by atoms with Gasteiger partial charge in [-0.2, -0.15) is 0 Å². The third kappa shape index (κ3) is 3.53. The molecular weight excluding hydrogens is 368 g/mol. The lowest BCUT2D eigenvalue weighted by molar-refractivity contribution is -0.130. The van der Waals surface area contributed by atoms with Gasteiger partial charge in [0.15, 0.2) is 5.58 Å². The first-order chi connectivity index (χ1) is 14.2. The SMILES string of the molecule is O=C1CC[C@H](c2noc3ccc4cc(OCCN5CCCC5)ccc4c23)C(=O)C1. The zero-order valence-electron chi connectivity index (χ0n) is 16.4. The number of aromatic nitrogens is 1. The van der Waals surface area contributed by atoms with Crippen LogP contribution in [-0.2, 0) is 9.59 Å². The predicted molar refractivity (Wildman–Crippen MR) is 109 cm³/mol. The minimum atomic E-state index is -0.365. The first-order valence-electron chi connectivity index (χ1n) is 10.4. The molecule has 1 atom stereocenters. The first-order valence-corrected chi connectivity index (χ1v) is 10.4. The molecule has 0 unspecified atom stereocenters. The Morgan fingerprint density at radius 1 is 1.14 bits per heavy atom. The molecule has 1 saturated carbocycles. The van der Waals surface area contributed by atoms with E-state index in [9.17, 15) is 9.59 Å². The van der Waals surface area contributed by atoms with Gasteiger partial charge in [0.05, 0.1) is 17.7 Å². The van der Waals surface area contributed by atoms with Crippen LogP contribution in [0.5, 0.6) is 5.75 Å². The van der Waals surface area contributed by atoms with Crippen molar-refractivity contribution in [1.29, 1.82) is 0 Å². The van der Waals surface area contributed by atoms with Crippen LogP contribution in [0.2, 0.25) is 0 Å². The van der Waals surface area contributed by atoms with E-state index in [-0.39, 0.29) is 23.9 Å². The highest BCUT2D eigenvalue weighted by molar-refractivity contribution is 6.11. The molecule has 3 aromatic rings. The van der Waals surface area contributed by atoms with Gasteiger partial charge in [-0.15, -0.1) is 0 Å². The fraction of sp³-hybridized carbons (Fsp3) is 0.435. The highest BCUT2D eigenvalue weighted by atomic mass is 16.5. The maximum atomic E-state index is 12.4. The maximum Gasteiger partial charge on any atom is 0.167 e. The minimum Gasteiger partial charge on any atom is -0.492 e. The number of hydrogen-bond acceptors (Lipinski definition) is 6.